The maximum atomic E-state index is 9.44. The summed E-state index contributed by atoms with van der Waals surface area (Å²) in [6, 6.07) is 8.47. The van der Waals surface area contributed by atoms with Gasteiger partial charge in [-0.15, -0.1) is 0 Å². The van der Waals surface area contributed by atoms with E-state index in [0.717, 1.165) is 5.69 Å². The molecule has 3 N–H and O–H groups in total. The summed E-state index contributed by atoms with van der Waals surface area (Å²) in [6.07, 6.45) is 1.59. The molecule has 92 valence electrons. The predicted molar refractivity (Wildman–Crippen MR) is 74.1 cm³/mol. The Kier molecular flexibility index (Phi) is 3.38. The van der Waals surface area contributed by atoms with E-state index < -0.39 is 0 Å². The van der Waals surface area contributed by atoms with Crippen LogP contribution in [0.15, 0.2) is 36.5 Å². The molecule has 0 aliphatic heterocycles. The third-order valence-corrected chi connectivity index (χ3v) is 2.62. The van der Waals surface area contributed by atoms with Gasteiger partial charge in [-0.2, -0.15) is 0 Å². The maximum absolute atomic E-state index is 9.44. The Morgan fingerprint density at radius 3 is 2.83 bits per heavy atom. The third kappa shape index (κ3) is 2.54. The number of benzene rings is 1. The highest BCUT2D eigenvalue weighted by atomic mass is 32.1. The second kappa shape index (κ2) is 4.97. The number of nitrogens with zero attached hydrogens (tertiary/aromatic N) is 3. The molecule has 0 bridgehead atoms. The van der Waals surface area contributed by atoms with Gasteiger partial charge in [0.15, 0.2) is 0 Å². The van der Waals surface area contributed by atoms with Gasteiger partial charge in [-0.1, -0.05) is 18.3 Å². The van der Waals surface area contributed by atoms with E-state index in [-0.39, 0.29) is 10.7 Å². The summed E-state index contributed by atoms with van der Waals surface area (Å²) in [6.45, 7) is 0. The average molecular weight is 260 g/mol. The molecule has 0 fully saturated rings. The molecule has 0 amide bonds. The van der Waals surface area contributed by atoms with Crippen LogP contribution in [0.25, 0.3) is 0 Å². The molecule has 2 rings (SSSR count). The Balaban J connectivity index is 2.36. The summed E-state index contributed by atoms with van der Waals surface area (Å²) in [5.41, 5.74) is 6.82. The zero-order valence-electron chi connectivity index (χ0n) is 9.74. The van der Waals surface area contributed by atoms with Gasteiger partial charge in [0, 0.05) is 25.0 Å². The number of thiocarbonyl (C=S) groups is 1. The molecule has 0 saturated carbocycles. The van der Waals surface area contributed by atoms with E-state index in [2.05, 4.69) is 9.97 Å². The van der Waals surface area contributed by atoms with Crippen molar-refractivity contribution in [1.82, 2.24) is 9.97 Å². The molecule has 1 aromatic heterocycles. The number of nitrogens with two attached hydrogens (primary N) is 1. The first-order chi connectivity index (χ1) is 8.58. The number of phenols is 1. The van der Waals surface area contributed by atoms with Crippen molar-refractivity contribution in [3.05, 3.63) is 42.2 Å². The molecule has 18 heavy (non-hydrogen) atoms. The zero-order chi connectivity index (χ0) is 13.1. The van der Waals surface area contributed by atoms with E-state index in [1.54, 1.807) is 42.4 Å². The lowest BCUT2D eigenvalue weighted by Gasteiger charge is -2.17. The maximum Gasteiger partial charge on any atom is 0.230 e. The second-order valence-electron chi connectivity index (χ2n) is 3.69. The lowest BCUT2D eigenvalue weighted by molar-refractivity contribution is 0.475. The number of phenolic OH excluding ortho intramolecular Hbond substituents is 1. The first kappa shape index (κ1) is 12.3. The van der Waals surface area contributed by atoms with Crippen LogP contribution in [0.3, 0.4) is 0 Å². The molecule has 2 aromatic rings. The van der Waals surface area contributed by atoms with Crippen LogP contribution in [0.4, 0.5) is 11.6 Å². The van der Waals surface area contributed by atoms with Gasteiger partial charge in [-0.05, 0) is 18.2 Å². The first-order valence-electron chi connectivity index (χ1n) is 5.23. The topological polar surface area (TPSA) is 75.3 Å². The molecule has 0 atom stereocenters. The standard InChI is InChI=1S/C12H12N4OS/c1-16(8-3-2-4-9(17)7-8)12-14-6-5-10(15-12)11(13)18/h2-7,17H,1H3,(H2,13,18). The quantitative estimate of drug-likeness (QED) is 0.816. The lowest BCUT2D eigenvalue weighted by atomic mass is 10.3. The third-order valence-electron chi connectivity index (χ3n) is 2.41. The molecule has 0 aliphatic rings. The molecule has 0 saturated heterocycles. The number of rotatable bonds is 3. The fraction of sp³-hybridized carbons (Fsp3) is 0.0833. The predicted octanol–water partition coefficient (Wildman–Crippen LogP) is 1.58. The molecule has 0 spiro atoms. The fourth-order valence-electron chi connectivity index (χ4n) is 1.46. The van der Waals surface area contributed by atoms with E-state index in [9.17, 15) is 5.11 Å². The van der Waals surface area contributed by atoms with Crippen molar-refractivity contribution in [2.24, 2.45) is 5.73 Å². The summed E-state index contributed by atoms with van der Waals surface area (Å²) in [5.74, 6) is 0.649. The van der Waals surface area contributed by atoms with Crippen molar-refractivity contribution in [2.75, 3.05) is 11.9 Å². The fourth-order valence-corrected chi connectivity index (χ4v) is 1.58. The Hall–Kier alpha value is -2.21. The Bertz CT molecular complexity index is 588. The molecule has 0 aliphatic carbocycles. The summed E-state index contributed by atoms with van der Waals surface area (Å²) in [7, 11) is 1.80. The van der Waals surface area contributed by atoms with Crippen LogP contribution in [0.5, 0.6) is 5.75 Å². The molecular weight excluding hydrogens is 248 g/mol. The molecule has 1 heterocycles. The number of hydrogen-bond donors (Lipinski definition) is 2. The summed E-state index contributed by atoms with van der Waals surface area (Å²) >= 11 is 4.87. The van der Waals surface area contributed by atoms with Crippen LogP contribution < -0.4 is 10.6 Å². The highest BCUT2D eigenvalue weighted by Gasteiger charge is 2.09. The minimum atomic E-state index is 0.185. The van der Waals surface area contributed by atoms with E-state index in [0.29, 0.717) is 11.6 Å². The van der Waals surface area contributed by atoms with Crippen molar-refractivity contribution in [3.63, 3.8) is 0 Å². The van der Waals surface area contributed by atoms with Gasteiger partial charge >= 0.3 is 0 Å². The van der Waals surface area contributed by atoms with E-state index in [1.165, 1.54) is 0 Å². The van der Waals surface area contributed by atoms with E-state index in [1.807, 2.05) is 6.07 Å². The smallest absolute Gasteiger partial charge is 0.230 e. The summed E-state index contributed by atoms with van der Waals surface area (Å²) < 4.78 is 0. The molecule has 5 nitrogen and oxygen atoms in total. The Morgan fingerprint density at radius 1 is 1.39 bits per heavy atom. The van der Waals surface area contributed by atoms with Crippen LogP contribution in [0.1, 0.15) is 5.69 Å². The summed E-state index contributed by atoms with van der Waals surface area (Å²) in [4.78, 5) is 10.4. The van der Waals surface area contributed by atoms with Crippen LogP contribution in [-0.2, 0) is 0 Å². The van der Waals surface area contributed by atoms with Crippen molar-refractivity contribution in [2.45, 2.75) is 0 Å². The van der Waals surface area contributed by atoms with Crippen LogP contribution in [0, 0.1) is 0 Å². The minimum Gasteiger partial charge on any atom is -0.508 e. The van der Waals surface area contributed by atoms with Gasteiger partial charge in [0.05, 0.1) is 0 Å². The van der Waals surface area contributed by atoms with Gasteiger partial charge in [0.2, 0.25) is 5.95 Å². The van der Waals surface area contributed by atoms with Gasteiger partial charge < -0.3 is 15.7 Å². The molecule has 6 heteroatoms. The normalized spacial score (nSPS) is 10.1. The lowest BCUT2D eigenvalue weighted by Crippen LogP contribution is -2.17. The van der Waals surface area contributed by atoms with Crippen molar-refractivity contribution >= 4 is 28.8 Å². The monoisotopic (exact) mass is 260 g/mol. The number of hydrogen-bond acceptors (Lipinski definition) is 5. The first-order valence-corrected chi connectivity index (χ1v) is 5.64. The van der Waals surface area contributed by atoms with Gasteiger partial charge in [0.1, 0.15) is 16.4 Å². The van der Waals surface area contributed by atoms with Crippen molar-refractivity contribution < 1.29 is 5.11 Å². The van der Waals surface area contributed by atoms with Crippen molar-refractivity contribution in [3.8, 4) is 5.75 Å². The number of aromatic nitrogens is 2. The number of aromatic hydroxyl groups is 1. The van der Waals surface area contributed by atoms with Gasteiger partial charge in [-0.3, -0.25) is 0 Å². The highest BCUT2D eigenvalue weighted by molar-refractivity contribution is 7.80. The van der Waals surface area contributed by atoms with Crippen molar-refractivity contribution in [1.29, 1.82) is 0 Å². The molecule has 1 aromatic carbocycles. The average Bonchev–Trinajstić information content (AvgIpc) is 2.38. The van der Waals surface area contributed by atoms with E-state index >= 15 is 0 Å². The highest BCUT2D eigenvalue weighted by Crippen LogP contribution is 2.23. The summed E-state index contributed by atoms with van der Waals surface area (Å²) in [5, 5.41) is 9.44. The van der Waals surface area contributed by atoms with Gasteiger partial charge in [0.25, 0.3) is 0 Å². The Labute approximate surface area is 110 Å². The zero-order valence-corrected chi connectivity index (χ0v) is 10.6. The van der Waals surface area contributed by atoms with Crippen LogP contribution in [-0.4, -0.2) is 27.1 Å². The largest absolute Gasteiger partial charge is 0.508 e. The minimum absolute atomic E-state index is 0.185. The molecular formula is C12H12N4OS. The second-order valence-corrected chi connectivity index (χ2v) is 4.12. The van der Waals surface area contributed by atoms with Crippen LogP contribution >= 0.6 is 12.2 Å². The van der Waals surface area contributed by atoms with Crippen LogP contribution in [0.2, 0.25) is 0 Å². The molecule has 0 radical (unpaired) electrons. The van der Waals surface area contributed by atoms with Gasteiger partial charge in [-0.25, -0.2) is 9.97 Å². The molecule has 0 unspecified atom stereocenters. The SMILES string of the molecule is CN(c1cccc(O)c1)c1nccc(C(N)=S)n1. The number of anilines is 2. The Morgan fingerprint density at radius 2 is 2.17 bits per heavy atom. The van der Waals surface area contributed by atoms with E-state index in [4.69, 9.17) is 18.0 Å².